The molecule has 1 aliphatic rings. The zero-order valence-electron chi connectivity index (χ0n) is 14.1. The maximum absolute atomic E-state index is 12.3. The van der Waals surface area contributed by atoms with Crippen LogP contribution in [-0.4, -0.2) is 31.9 Å². The third-order valence-corrected chi connectivity index (χ3v) is 4.42. The molecule has 1 saturated carbocycles. The molecule has 1 rings (SSSR count). The Balaban J connectivity index is 2.77. The van der Waals surface area contributed by atoms with Gasteiger partial charge in [0, 0.05) is 11.3 Å². The lowest BCUT2D eigenvalue weighted by Crippen LogP contribution is -2.30. The number of methoxy groups -OCH3 is 2. The second kappa shape index (κ2) is 7.07. The number of rotatable bonds is 8. The molecule has 0 aromatic heterocycles. The van der Waals surface area contributed by atoms with Crippen LogP contribution in [0.4, 0.5) is 0 Å². The highest BCUT2D eigenvalue weighted by Crippen LogP contribution is 2.55. The first kappa shape index (κ1) is 18.4. The lowest BCUT2D eigenvalue weighted by Gasteiger charge is -2.20. The first-order valence-electron chi connectivity index (χ1n) is 7.65. The highest BCUT2D eigenvalue weighted by atomic mass is 16.5. The topological polar surface area (TPSA) is 69.7 Å². The van der Waals surface area contributed by atoms with E-state index in [1.807, 2.05) is 13.8 Å². The van der Waals surface area contributed by atoms with Crippen molar-refractivity contribution in [3.63, 3.8) is 0 Å². The molecule has 0 aliphatic heterocycles. The molecule has 0 amide bonds. The van der Waals surface area contributed by atoms with Gasteiger partial charge in [-0.2, -0.15) is 0 Å². The van der Waals surface area contributed by atoms with Crippen molar-refractivity contribution in [3.05, 3.63) is 12.2 Å². The van der Waals surface area contributed by atoms with Crippen molar-refractivity contribution in [2.45, 2.75) is 46.5 Å². The molecule has 1 aliphatic carbocycles. The van der Waals surface area contributed by atoms with Crippen molar-refractivity contribution in [2.75, 3.05) is 14.2 Å². The predicted octanol–water partition coefficient (Wildman–Crippen LogP) is 2.68. The zero-order valence-corrected chi connectivity index (χ0v) is 14.1. The number of hydrogen-bond acceptors (Lipinski definition) is 5. The molecule has 5 heteroatoms. The molecule has 0 N–H and O–H groups in total. The number of allylic oxidation sites excluding steroid dienone is 2. The summed E-state index contributed by atoms with van der Waals surface area (Å²) in [5.41, 5.74) is -1.70. The van der Waals surface area contributed by atoms with Gasteiger partial charge in [-0.1, -0.05) is 39.7 Å². The molecule has 0 bridgehead atoms. The Morgan fingerprint density at radius 2 is 1.73 bits per heavy atom. The summed E-state index contributed by atoms with van der Waals surface area (Å²) in [7, 11) is 2.48. The molecule has 5 nitrogen and oxygen atoms in total. The molecule has 1 atom stereocenters. The monoisotopic (exact) mass is 310 g/mol. The van der Waals surface area contributed by atoms with Crippen LogP contribution in [0.15, 0.2) is 12.2 Å². The van der Waals surface area contributed by atoms with Crippen LogP contribution in [0.3, 0.4) is 0 Å². The van der Waals surface area contributed by atoms with E-state index in [1.165, 1.54) is 20.3 Å². The van der Waals surface area contributed by atoms with Crippen molar-refractivity contribution in [1.82, 2.24) is 0 Å². The number of ether oxygens (including phenoxy) is 2. The van der Waals surface area contributed by atoms with Gasteiger partial charge in [-0.15, -0.1) is 0 Å². The van der Waals surface area contributed by atoms with E-state index in [9.17, 15) is 14.4 Å². The molecule has 0 saturated heterocycles. The molecule has 0 radical (unpaired) electrons. The van der Waals surface area contributed by atoms with E-state index in [4.69, 9.17) is 9.47 Å². The van der Waals surface area contributed by atoms with Crippen LogP contribution >= 0.6 is 0 Å². The Kier molecular flexibility index (Phi) is 5.92. The van der Waals surface area contributed by atoms with Gasteiger partial charge in [0.05, 0.1) is 14.2 Å². The lowest BCUT2D eigenvalue weighted by atomic mass is 9.82. The highest BCUT2D eigenvalue weighted by molar-refractivity contribution is 6.04. The van der Waals surface area contributed by atoms with Crippen LogP contribution in [0.25, 0.3) is 0 Å². The predicted molar refractivity (Wildman–Crippen MR) is 82.0 cm³/mol. The van der Waals surface area contributed by atoms with E-state index in [0.717, 1.165) is 19.3 Å². The van der Waals surface area contributed by atoms with E-state index in [-0.39, 0.29) is 11.7 Å². The van der Waals surface area contributed by atoms with E-state index < -0.39 is 22.8 Å². The number of carbonyl (C=O) groups is 3. The van der Waals surface area contributed by atoms with Crippen molar-refractivity contribution in [2.24, 2.45) is 16.7 Å². The molecule has 0 heterocycles. The summed E-state index contributed by atoms with van der Waals surface area (Å²) in [5.74, 6) is -1.53. The van der Waals surface area contributed by atoms with Gasteiger partial charge in [0.25, 0.3) is 0 Å². The largest absolute Gasteiger partial charge is 0.468 e. The molecule has 22 heavy (non-hydrogen) atoms. The Morgan fingerprint density at radius 1 is 1.18 bits per heavy atom. The van der Waals surface area contributed by atoms with Gasteiger partial charge in [0.15, 0.2) is 11.2 Å². The van der Waals surface area contributed by atoms with Crippen LogP contribution in [-0.2, 0) is 23.9 Å². The quantitative estimate of drug-likeness (QED) is 0.391. The number of ketones is 1. The SMILES string of the molecule is CCCCC(C)(C)C(=O)C=CC1CC1(C(=O)OC)C(=O)OC. The van der Waals surface area contributed by atoms with Crippen molar-refractivity contribution < 1.29 is 23.9 Å². The molecular weight excluding hydrogens is 284 g/mol. The molecule has 1 unspecified atom stereocenters. The molecule has 0 spiro atoms. The third kappa shape index (κ3) is 3.57. The van der Waals surface area contributed by atoms with Gasteiger partial charge in [0.1, 0.15) is 0 Å². The van der Waals surface area contributed by atoms with E-state index in [0.29, 0.717) is 6.42 Å². The summed E-state index contributed by atoms with van der Waals surface area (Å²) in [6.07, 6.45) is 6.31. The van der Waals surface area contributed by atoms with Crippen LogP contribution in [0.2, 0.25) is 0 Å². The maximum Gasteiger partial charge on any atom is 0.323 e. The fraction of sp³-hybridized carbons (Fsp3) is 0.706. The summed E-state index contributed by atoms with van der Waals surface area (Å²) >= 11 is 0. The van der Waals surface area contributed by atoms with Gasteiger partial charge in [-0.05, 0) is 18.9 Å². The molecule has 0 aromatic carbocycles. The summed E-state index contributed by atoms with van der Waals surface area (Å²) in [5, 5.41) is 0. The highest BCUT2D eigenvalue weighted by Gasteiger charge is 2.66. The summed E-state index contributed by atoms with van der Waals surface area (Å²) < 4.78 is 9.40. The smallest absolute Gasteiger partial charge is 0.323 e. The summed E-state index contributed by atoms with van der Waals surface area (Å²) in [6, 6.07) is 0. The van der Waals surface area contributed by atoms with Crippen LogP contribution in [0.1, 0.15) is 46.5 Å². The summed E-state index contributed by atoms with van der Waals surface area (Å²) in [4.78, 5) is 36.0. The Morgan fingerprint density at radius 3 is 2.18 bits per heavy atom. The summed E-state index contributed by atoms with van der Waals surface area (Å²) in [6.45, 7) is 5.91. The minimum absolute atomic E-state index is 0.0106. The van der Waals surface area contributed by atoms with E-state index in [1.54, 1.807) is 6.08 Å². The number of esters is 2. The zero-order chi connectivity index (χ0) is 17.0. The standard InChI is InChI=1S/C17H26O5/c1-6-7-10-16(2,3)13(18)9-8-12-11-17(12,14(19)21-4)15(20)22-5/h8-9,12H,6-7,10-11H2,1-5H3. The second-order valence-electron chi connectivity index (χ2n) is 6.48. The Hall–Kier alpha value is -1.65. The first-order valence-corrected chi connectivity index (χ1v) is 7.65. The van der Waals surface area contributed by atoms with Gasteiger partial charge in [-0.25, -0.2) is 0 Å². The van der Waals surface area contributed by atoms with Gasteiger partial charge in [-0.3, -0.25) is 14.4 Å². The minimum atomic E-state index is -1.27. The third-order valence-electron chi connectivity index (χ3n) is 4.42. The fourth-order valence-electron chi connectivity index (χ4n) is 2.61. The minimum Gasteiger partial charge on any atom is -0.468 e. The van der Waals surface area contributed by atoms with Gasteiger partial charge >= 0.3 is 11.9 Å². The molecule has 1 fully saturated rings. The Bertz CT molecular complexity index is 459. The van der Waals surface area contributed by atoms with Gasteiger partial charge in [0.2, 0.25) is 0 Å². The molecule has 124 valence electrons. The molecule has 0 aromatic rings. The van der Waals surface area contributed by atoms with Crippen LogP contribution in [0.5, 0.6) is 0 Å². The number of unbranched alkanes of at least 4 members (excludes halogenated alkanes) is 1. The van der Waals surface area contributed by atoms with Crippen molar-refractivity contribution in [1.29, 1.82) is 0 Å². The number of carbonyl (C=O) groups excluding carboxylic acids is 3. The fourth-order valence-corrected chi connectivity index (χ4v) is 2.61. The maximum atomic E-state index is 12.3. The van der Waals surface area contributed by atoms with Crippen molar-refractivity contribution in [3.8, 4) is 0 Å². The first-order chi connectivity index (χ1) is 10.3. The molecular formula is C17H26O5. The van der Waals surface area contributed by atoms with Gasteiger partial charge < -0.3 is 9.47 Å². The van der Waals surface area contributed by atoms with Crippen molar-refractivity contribution >= 4 is 17.7 Å². The van der Waals surface area contributed by atoms with Crippen LogP contribution < -0.4 is 0 Å². The normalized spacial score (nSPS) is 19.8. The second-order valence-corrected chi connectivity index (χ2v) is 6.48. The lowest BCUT2D eigenvalue weighted by molar-refractivity contribution is -0.161. The number of hydrogen-bond donors (Lipinski definition) is 0. The van der Waals surface area contributed by atoms with Crippen LogP contribution in [0, 0.1) is 16.7 Å². The Labute approximate surface area is 132 Å². The average molecular weight is 310 g/mol. The van der Waals surface area contributed by atoms with E-state index in [2.05, 4.69) is 6.92 Å². The van der Waals surface area contributed by atoms with E-state index >= 15 is 0 Å². The average Bonchev–Trinajstić information content (AvgIpc) is 3.24.